The Morgan fingerprint density at radius 2 is 1.80 bits per heavy atom. The summed E-state index contributed by atoms with van der Waals surface area (Å²) in [5.74, 6) is 1.91. The van der Waals surface area contributed by atoms with Crippen LogP contribution >= 0.6 is 0 Å². The molecule has 0 aliphatic rings. The molecule has 0 spiro atoms. The van der Waals surface area contributed by atoms with Crippen molar-refractivity contribution in [1.82, 2.24) is 4.98 Å². The van der Waals surface area contributed by atoms with Gasteiger partial charge < -0.3 is 10.5 Å². The molecule has 0 aliphatic heterocycles. The molecule has 0 saturated heterocycles. The predicted molar refractivity (Wildman–Crippen MR) is 82.1 cm³/mol. The molecule has 0 radical (unpaired) electrons. The van der Waals surface area contributed by atoms with Crippen LogP contribution in [0.5, 0.6) is 11.6 Å². The maximum Gasteiger partial charge on any atom is 0.223 e. The van der Waals surface area contributed by atoms with E-state index in [9.17, 15) is 0 Å². The van der Waals surface area contributed by atoms with Crippen LogP contribution in [0.1, 0.15) is 50.3 Å². The summed E-state index contributed by atoms with van der Waals surface area (Å²) in [6.07, 6.45) is 2.80. The van der Waals surface area contributed by atoms with Gasteiger partial charge in [0, 0.05) is 17.8 Å². The first-order chi connectivity index (χ1) is 9.63. The van der Waals surface area contributed by atoms with Gasteiger partial charge in [0.15, 0.2) is 0 Å². The molecule has 2 aromatic rings. The number of hydrogen-bond acceptors (Lipinski definition) is 3. The summed E-state index contributed by atoms with van der Waals surface area (Å²) in [4.78, 5) is 4.32. The molecule has 0 aliphatic carbocycles. The average molecular weight is 270 g/mol. The molecule has 0 saturated carbocycles. The number of nitrogens with two attached hydrogens (primary N) is 1. The lowest BCUT2D eigenvalue weighted by Crippen LogP contribution is -2.08. The van der Waals surface area contributed by atoms with Crippen molar-refractivity contribution in [2.45, 2.75) is 39.2 Å². The van der Waals surface area contributed by atoms with Gasteiger partial charge in [-0.2, -0.15) is 0 Å². The molecule has 2 atom stereocenters. The highest BCUT2D eigenvalue weighted by Gasteiger charge is 2.14. The van der Waals surface area contributed by atoms with Crippen LogP contribution in [-0.2, 0) is 0 Å². The van der Waals surface area contributed by atoms with E-state index in [0.717, 1.165) is 17.7 Å². The van der Waals surface area contributed by atoms with Crippen molar-refractivity contribution in [2.24, 2.45) is 5.73 Å². The first kappa shape index (κ1) is 14.5. The van der Waals surface area contributed by atoms with Crippen molar-refractivity contribution in [1.29, 1.82) is 0 Å². The summed E-state index contributed by atoms with van der Waals surface area (Å²) < 4.78 is 6.03. The van der Waals surface area contributed by atoms with E-state index in [1.54, 1.807) is 6.20 Å². The van der Waals surface area contributed by atoms with Crippen LogP contribution in [0.15, 0.2) is 42.6 Å². The zero-order valence-corrected chi connectivity index (χ0v) is 12.3. The number of benzene rings is 1. The van der Waals surface area contributed by atoms with Crippen LogP contribution in [0, 0.1) is 0 Å². The maximum atomic E-state index is 6.03. The third-order valence-corrected chi connectivity index (χ3v) is 3.56. The molecule has 1 aromatic carbocycles. The molecule has 0 fully saturated rings. The third-order valence-electron chi connectivity index (χ3n) is 3.56. The second-order valence-electron chi connectivity index (χ2n) is 5.14. The Morgan fingerprint density at radius 3 is 2.50 bits per heavy atom. The second kappa shape index (κ2) is 6.53. The van der Waals surface area contributed by atoms with Crippen molar-refractivity contribution in [3.63, 3.8) is 0 Å². The average Bonchev–Trinajstić information content (AvgIpc) is 2.47. The Kier molecular flexibility index (Phi) is 4.74. The van der Waals surface area contributed by atoms with E-state index < -0.39 is 0 Å². The summed E-state index contributed by atoms with van der Waals surface area (Å²) in [6.45, 7) is 6.31. The van der Waals surface area contributed by atoms with Gasteiger partial charge in [-0.1, -0.05) is 38.1 Å². The summed E-state index contributed by atoms with van der Waals surface area (Å²) in [5.41, 5.74) is 8.10. The smallest absolute Gasteiger partial charge is 0.223 e. The minimum atomic E-state index is -0.102. The standard InChI is InChI=1S/C17H22N2O/c1-4-12(2)14-8-5-6-10-16(14)20-17-15(13(3)18)9-7-11-19-17/h5-13H,4,18H2,1-3H3/t12?,13-/m1/s1. The Hall–Kier alpha value is -1.87. The molecule has 0 amide bonds. The molecule has 106 valence electrons. The quantitative estimate of drug-likeness (QED) is 0.875. The van der Waals surface area contributed by atoms with Gasteiger partial charge >= 0.3 is 0 Å². The van der Waals surface area contributed by atoms with Gasteiger partial charge in [0.25, 0.3) is 0 Å². The lowest BCUT2D eigenvalue weighted by molar-refractivity contribution is 0.442. The third kappa shape index (κ3) is 3.17. The zero-order valence-electron chi connectivity index (χ0n) is 12.3. The summed E-state index contributed by atoms with van der Waals surface area (Å²) >= 11 is 0. The minimum Gasteiger partial charge on any atom is -0.438 e. The van der Waals surface area contributed by atoms with E-state index in [4.69, 9.17) is 10.5 Å². The van der Waals surface area contributed by atoms with E-state index in [1.807, 2.05) is 37.3 Å². The van der Waals surface area contributed by atoms with E-state index in [1.165, 1.54) is 5.56 Å². The highest BCUT2D eigenvalue weighted by Crippen LogP contribution is 2.33. The molecule has 1 aromatic heterocycles. The minimum absolute atomic E-state index is 0.102. The second-order valence-corrected chi connectivity index (χ2v) is 5.14. The van der Waals surface area contributed by atoms with Crippen molar-refractivity contribution in [3.05, 3.63) is 53.7 Å². The van der Waals surface area contributed by atoms with Gasteiger partial charge in [0.05, 0.1) is 0 Å². The number of para-hydroxylation sites is 1. The first-order valence-electron chi connectivity index (χ1n) is 7.10. The monoisotopic (exact) mass is 270 g/mol. The predicted octanol–water partition coefficient (Wildman–Crippen LogP) is 4.41. The van der Waals surface area contributed by atoms with E-state index in [0.29, 0.717) is 11.8 Å². The number of rotatable bonds is 5. The number of aromatic nitrogens is 1. The van der Waals surface area contributed by atoms with Crippen molar-refractivity contribution in [3.8, 4) is 11.6 Å². The van der Waals surface area contributed by atoms with Crippen molar-refractivity contribution >= 4 is 0 Å². The van der Waals surface area contributed by atoms with Crippen LogP contribution in [-0.4, -0.2) is 4.98 Å². The van der Waals surface area contributed by atoms with E-state index >= 15 is 0 Å². The Balaban J connectivity index is 2.36. The molecule has 2 N–H and O–H groups in total. The fraction of sp³-hybridized carbons (Fsp3) is 0.353. The van der Waals surface area contributed by atoms with Gasteiger partial charge in [-0.15, -0.1) is 0 Å². The largest absolute Gasteiger partial charge is 0.438 e. The molecular weight excluding hydrogens is 248 g/mol. The fourth-order valence-corrected chi connectivity index (χ4v) is 2.14. The number of nitrogens with zero attached hydrogens (tertiary/aromatic N) is 1. The SMILES string of the molecule is CCC(C)c1ccccc1Oc1ncccc1[C@@H](C)N. The summed E-state index contributed by atoms with van der Waals surface area (Å²) in [6, 6.07) is 11.9. The Bertz CT molecular complexity index is 566. The topological polar surface area (TPSA) is 48.1 Å². The van der Waals surface area contributed by atoms with Gasteiger partial charge in [0.1, 0.15) is 5.75 Å². The zero-order chi connectivity index (χ0) is 14.5. The van der Waals surface area contributed by atoms with Crippen LogP contribution in [0.2, 0.25) is 0 Å². The van der Waals surface area contributed by atoms with Gasteiger partial charge in [-0.25, -0.2) is 4.98 Å². The van der Waals surface area contributed by atoms with Crippen LogP contribution in [0.3, 0.4) is 0 Å². The van der Waals surface area contributed by atoms with Crippen molar-refractivity contribution < 1.29 is 4.74 Å². The molecule has 1 heterocycles. The van der Waals surface area contributed by atoms with Crippen LogP contribution in [0.25, 0.3) is 0 Å². The Labute approximate surface area is 120 Å². The van der Waals surface area contributed by atoms with Gasteiger partial charge in [-0.05, 0) is 37.0 Å². The number of ether oxygens (including phenoxy) is 1. The van der Waals surface area contributed by atoms with Crippen LogP contribution < -0.4 is 10.5 Å². The molecule has 1 unspecified atom stereocenters. The Morgan fingerprint density at radius 1 is 1.10 bits per heavy atom. The number of hydrogen-bond donors (Lipinski definition) is 1. The number of pyridine rings is 1. The molecule has 3 nitrogen and oxygen atoms in total. The summed E-state index contributed by atoms with van der Waals surface area (Å²) in [7, 11) is 0. The fourth-order valence-electron chi connectivity index (χ4n) is 2.14. The van der Waals surface area contributed by atoms with Crippen LogP contribution in [0.4, 0.5) is 0 Å². The van der Waals surface area contributed by atoms with Gasteiger partial charge in [-0.3, -0.25) is 0 Å². The molecule has 0 bridgehead atoms. The normalized spacial score (nSPS) is 13.8. The highest BCUT2D eigenvalue weighted by molar-refractivity contribution is 5.40. The van der Waals surface area contributed by atoms with E-state index in [-0.39, 0.29) is 6.04 Å². The molecule has 20 heavy (non-hydrogen) atoms. The van der Waals surface area contributed by atoms with Crippen molar-refractivity contribution in [2.75, 3.05) is 0 Å². The summed E-state index contributed by atoms with van der Waals surface area (Å²) in [5, 5.41) is 0. The lowest BCUT2D eigenvalue weighted by Gasteiger charge is -2.17. The lowest BCUT2D eigenvalue weighted by atomic mass is 9.98. The first-order valence-corrected chi connectivity index (χ1v) is 7.10. The molecule has 2 rings (SSSR count). The molecule has 3 heteroatoms. The highest BCUT2D eigenvalue weighted by atomic mass is 16.5. The molecular formula is C17H22N2O. The maximum absolute atomic E-state index is 6.03. The van der Waals surface area contributed by atoms with E-state index in [2.05, 4.69) is 24.9 Å². The van der Waals surface area contributed by atoms with Gasteiger partial charge in [0.2, 0.25) is 5.88 Å².